The summed E-state index contributed by atoms with van der Waals surface area (Å²) in [5, 5.41) is 14.2. The van der Waals surface area contributed by atoms with Crippen LogP contribution in [0.4, 0.5) is 11.5 Å². The average molecular weight is 360 g/mol. The highest BCUT2D eigenvalue weighted by Gasteiger charge is 2.24. The smallest absolute Gasteiger partial charge is 0.363 e. The summed E-state index contributed by atoms with van der Waals surface area (Å²) in [6, 6.07) is 4.96. The molecule has 2 aromatic heterocycles. The molecule has 10 nitrogen and oxygen atoms in total. The van der Waals surface area contributed by atoms with Crippen molar-refractivity contribution in [2.45, 2.75) is 6.92 Å². The van der Waals surface area contributed by atoms with E-state index in [0.717, 1.165) is 17.5 Å². The molecule has 0 atom stereocenters. The molecule has 0 aromatic carbocycles. The van der Waals surface area contributed by atoms with Crippen LogP contribution in [0.2, 0.25) is 0 Å². The zero-order valence-corrected chi connectivity index (χ0v) is 14.4. The van der Waals surface area contributed by atoms with E-state index in [1.807, 2.05) is 0 Å². The van der Waals surface area contributed by atoms with Crippen LogP contribution in [0, 0.1) is 10.1 Å². The maximum atomic E-state index is 12.3. The van der Waals surface area contributed by atoms with Gasteiger partial charge in [-0.15, -0.1) is 0 Å². The molecule has 1 fully saturated rings. The lowest BCUT2D eigenvalue weighted by molar-refractivity contribution is -0.385. The van der Waals surface area contributed by atoms with E-state index in [9.17, 15) is 19.7 Å². The Hall–Kier alpha value is -3.01. The molecular weight excluding hydrogens is 340 g/mol. The number of nitrogens with zero attached hydrogens (tertiary/aromatic N) is 5. The van der Waals surface area contributed by atoms with Gasteiger partial charge in [-0.2, -0.15) is 0 Å². The normalized spacial score (nSPS) is 15.2. The number of nitro groups is 1. The molecule has 0 spiro atoms. The molecule has 1 N–H and O–H groups in total. The molecule has 2 aromatic rings. The minimum absolute atomic E-state index is 0.0198. The first-order valence-electron chi connectivity index (χ1n) is 8.35. The van der Waals surface area contributed by atoms with E-state index in [0.29, 0.717) is 31.8 Å². The molecule has 10 heteroatoms. The van der Waals surface area contributed by atoms with E-state index >= 15 is 0 Å². The topological polar surface area (TPSA) is 113 Å². The first-order valence-corrected chi connectivity index (χ1v) is 8.35. The van der Waals surface area contributed by atoms with Crippen LogP contribution in [0.25, 0.3) is 5.65 Å². The van der Waals surface area contributed by atoms with Crippen molar-refractivity contribution >= 4 is 23.1 Å². The number of carbonyl (C=O) groups is 1. The SMILES string of the molecule is CC(=O)N1CCN(CCNc2nc3ccccn3c(=O)c2[N+](=O)[O-])CC1. The van der Waals surface area contributed by atoms with E-state index in [-0.39, 0.29) is 11.7 Å². The number of aromatic nitrogens is 2. The van der Waals surface area contributed by atoms with E-state index in [1.54, 1.807) is 30.0 Å². The van der Waals surface area contributed by atoms with E-state index in [1.165, 1.54) is 6.20 Å². The van der Waals surface area contributed by atoms with Gasteiger partial charge in [-0.3, -0.25) is 29.0 Å². The number of hydrogen-bond acceptors (Lipinski definition) is 7. The number of carbonyl (C=O) groups excluding carboxylic acids is 1. The summed E-state index contributed by atoms with van der Waals surface area (Å²) in [7, 11) is 0. The Labute approximate surface area is 149 Å². The Balaban J connectivity index is 1.69. The molecule has 0 bridgehead atoms. The van der Waals surface area contributed by atoms with Gasteiger partial charge >= 0.3 is 11.2 Å². The number of piperazine rings is 1. The van der Waals surface area contributed by atoms with Crippen molar-refractivity contribution in [3.63, 3.8) is 0 Å². The number of amides is 1. The van der Waals surface area contributed by atoms with Crippen LogP contribution in [0.5, 0.6) is 0 Å². The molecule has 0 radical (unpaired) electrons. The second kappa shape index (κ2) is 7.48. The fourth-order valence-electron chi connectivity index (χ4n) is 2.99. The third-order valence-corrected chi connectivity index (χ3v) is 4.43. The Morgan fingerprint density at radius 2 is 2.04 bits per heavy atom. The molecule has 0 saturated carbocycles. The lowest BCUT2D eigenvalue weighted by Gasteiger charge is -2.34. The maximum Gasteiger partial charge on any atom is 0.376 e. The molecule has 1 aliphatic rings. The standard InChI is InChI=1S/C16H20N6O4/c1-12(23)20-10-8-19(9-11-20)7-5-17-15-14(22(25)26)16(24)21-6-3-2-4-13(21)18-15/h2-4,6,17H,5,7-11H2,1H3. The lowest BCUT2D eigenvalue weighted by atomic mass is 10.3. The van der Waals surface area contributed by atoms with Gasteiger partial charge in [0.05, 0.1) is 4.92 Å². The van der Waals surface area contributed by atoms with Crippen LogP contribution in [0.3, 0.4) is 0 Å². The maximum absolute atomic E-state index is 12.3. The highest BCUT2D eigenvalue weighted by atomic mass is 16.6. The fraction of sp³-hybridized carbons (Fsp3) is 0.438. The van der Waals surface area contributed by atoms with E-state index in [2.05, 4.69) is 15.2 Å². The number of pyridine rings is 1. The second-order valence-electron chi connectivity index (χ2n) is 6.07. The fourth-order valence-corrected chi connectivity index (χ4v) is 2.99. The summed E-state index contributed by atoms with van der Waals surface area (Å²) in [5.41, 5.74) is -0.922. The van der Waals surface area contributed by atoms with Gasteiger partial charge < -0.3 is 10.2 Å². The van der Waals surface area contributed by atoms with E-state index < -0.39 is 16.2 Å². The van der Waals surface area contributed by atoms with Crippen LogP contribution in [-0.2, 0) is 4.79 Å². The largest absolute Gasteiger partial charge is 0.376 e. The lowest BCUT2D eigenvalue weighted by Crippen LogP contribution is -2.49. The quantitative estimate of drug-likeness (QED) is 0.598. The average Bonchev–Trinajstić information content (AvgIpc) is 2.62. The van der Waals surface area contributed by atoms with Gasteiger partial charge in [-0.05, 0) is 12.1 Å². The number of fused-ring (bicyclic) bond motifs is 1. The van der Waals surface area contributed by atoms with Crippen molar-refractivity contribution in [1.82, 2.24) is 19.2 Å². The van der Waals surface area contributed by atoms with E-state index in [4.69, 9.17) is 0 Å². The van der Waals surface area contributed by atoms with Crippen molar-refractivity contribution in [3.8, 4) is 0 Å². The molecule has 0 unspecified atom stereocenters. The third-order valence-electron chi connectivity index (χ3n) is 4.43. The monoisotopic (exact) mass is 360 g/mol. The van der Waals surface area contributed by atoms with Gasteiger partial charge in [0.25, 0.3) is 0 Å². The van der Waals surface area contributed by atoms with Gasteiger partial charge in [0.2, 0.25) is 11.7 Å². The summed E-state index contributed by atoms with van der Waals surface area (Å²) < 4.78 is 1.16. The van der Waals surface area contributed by atoms with Crippen molar-refractivity contribution in [2.24, 2.45) is 0 Å². The van der Waals surface area contributed by atoms with Gasteiger partial charge in [-0.25, -0.2) is 4.98 Å². The summed E-state index contributed by atoms with van der Waals surface area (Å²) in [6.07, 6.45) is 1.45. The first-order chi connectivity index (χ1) is 12.5. The zero-order chi connectivity index (χ0) is 18.7. The summed E-state index contributed by atoms with van der Waals surface area (Å²) in [4.78, 5) is 42.5. The number of anilines is 1. The highest BCUT2D eigenvalue weighted by molar-refractivity contribution is 5.73. The van der Waals surface area contributed by atoms with Gasteiger partial charge in [0.1, 0.15) is 5.65 Å². The Kier molecular flexibility index (Phi) is 5.12. The van der Waals surface area contributed by atoms with Crippen molar-refractivity contribution in [3.05, 3.63) is 44.9 Å². The van der Waals surface area contributed by atoms with Gasteiger partial charge in [0, 0.05) is 52.4 Å². The number of rotatable bonds is 5. The Morgan fingerprint density at radius 1 is 1.31 bits per heavy atom. The molecule has 1 saturated heterocycles. The molecule has 1 aliphatic heterocycles. The molecule has 0 aliphatic carbocycles. The highest BCUT2D eigenvalue weighted by Crippen LogP contribution is 2.17. The summed E-state index contributed by atoms with van der Waals surface area (Å²) in [6.45, 7) is 5.44. The minimum Gasteiger partial charge on any atom is -0.363 e. The first kappa shape index (κ1) is 17.8. The van der Waals surface area contributed by atoms with Crippen LogP contribution in [-0.4, -0.2) is 69.3 Å². The van der Waals surface area contributed by atoms with Gasteiger partial charge in [0.15, 0.2) is 0 Å². The molecular formula is C16H20N6O4. The predicted molar refractivity (Wildman–Crippen MR) is 95.3 cm³/mol. The number of hydrogen-bond donors (Lipinski definition) is 1. The summed E-state index contributed by atoms with van der Waals surface area (Å²) >= 11 is 0. The molecule has 3 heterocycles. The number of nitrogens with one attached hydrogen (secondary N) is 1. The second-order valence-corrected chi connectivity index (χ2v) is 6.07. The van der Waals surface area contributed by atoms with Crippen LogP contribution in [0.15, 0.2) is 29.2 Å². The molecule has 138 valence electrons. The Bertz CT molecular complexity index is 888. The van der Waals surface area contributed by atoms with Crippen LogP contribution in [0.1, 0.15) is 6.92 Å². The zero-order valence-electron chi connectivity index (χ0n) is 14.4. The predicted octanol–water partition coefficient (Wildman–Crippen LogP) is 0.179. The molecule has 3 rings (SSSR count). The molecule has 1 amide bonds. The minimum atomic E-state index is -0.710. The summed E-state index contributed by atoms with van der Waals surface area (Å²) in [5.74, 6) is 0.0489. The van der Waals surface area contributed by atoms with Crippen LogP contribution >= 0.6 is 0 Å². The van der Waals surface area contributed by atoms with Crippen molar-refractivity contribution in [1.29, 1.82) is 0 Å². The van der Waals surface area contributed by atoms with Crippen LogP contribution < -0.4 is 10.9 Å². The van der Waals surface area contributed by atoms with Crippen molar-refractivity contribution in [2.75, 3.05) is 44.6 Å². The van der Waals surface area contributed by atoms with Crippen molar-refractivity contribution < 1.29 is 9.72 Å². The Morgan fingerprint density at radius 3 is 2.69 bits per heavy atom. The van der Waals surface area contributed by atoms with Gasteiger partial charge in [-0.1, -0.05) is 6.07 Å². The molecule has 26 heavy (non-hydrogen) atoms. The third kappa shape index (κ3) is 3.64.